The summed E-state index contributed by atoms with van der Waals surface area (Å²) >= 11 is 0. The Labute approximate surface area is 140 Å². The van der Waals surface area contributed by atoms with Crippen molar-refractivity contribution in [2.75, 3.05) is 18.4 Å². The lowest BCUT2D eigenvalue weighted by Gasteiger charge is -2.18. The topological polar surface area (TPSA) is 78.1 Å². The fraction of sp³-hybridized carbons (Fsp3) is 0.235. The first-order chi connectivity index (χ1) is 11.6. The van der Waals surface area contributed by atoms with Gasteiger partial charge in [0.2, 0.25) is 10.0 Å². The normalized spacial score (nSPS) is 18.9. The highest BCUT2D eigenvalue weighted by molar-refractivity contribution is 7.89. The molecule has 1 aromatic heterocycles. The van der Waals surface area contributed by atoms with Crippen LogP contribution < -0.4 is 5.32 Å². The van der Waals surface area contributed by atoms with Gasteiger partial charge in [0.25, 0.3) is 0 Å². The number of nitrogens with zero attached hydrogens (tertiary/aromatic N) is 2. The van der Waals surface area contributed by atoms with Crippen molar-refractivity contribution < 1.29 is 8.42 Å². The van der Waals surface area contributed by atoms with E-state index in [9.17, 15) is 8.42 Å². The number of hydrogen-bond acceptors (Lipinski definition) is 4. The Kier molecular flexibility index (Phi) is 3.74. The first kappa shape index (κ1) is 15.2. The Bertz CT molecular complexity index is 953. The fourth-order valence-electron chi connectivity index (χ4n) is 3.06. The molecule has 7 heteroatoms. The number of para-hydroxylation sites is 1. The van der Waals surface area contributed by atoms with Crippen molar-refractivity contribution in [3.8, 4) is 0 Å². The van der Waals surface area contributed by atoms with Crippen LogP contribution in [0.25, 0.3) is 10.9 Å². The van der Waals surface area contributed by atoms with Crippen molar-refractivity contribution in [3.05, 3.63) is 54.7 Å². The molecular weight excluding hydrogens is 324 g/mol. The van der Waals surface area contributed by atoms with Crippen LogP contribution in [0, 0.1) is 0 Å². The molecule has 6 nitrogen and oxygen atoms in total. The molecule has 2 aromatic carbocycles. The molecule has 0 spiro atoms. The maximum atomic E-state index is 12.9. The first-order valence-corrected chi connectivity index (χ1v) is 9.32. The summed E-state index contributed by atoms with van der Waals surface area (Å²) in [6, 6.07) is 15.1. The highest BCUT2D eigenvalue weighted by Gasteiger charge is 2.32. The molecule has 0 amide bonds. The van der Waals surface area contributed by atoms with E-state index in [2.05, 4.69) is 15.5 Å². The number of H-pyrrole nitrogens is 1. The van der Waals surface area contributed by atoms with Gasteiger partial charge in [0, 0.05) is 30.2 Å². The number of anilines is 1. The lowest BCUT2D eigenvalue weighted by atomic mass is 10.2. The number of fused-ring (bicyclic) bond motifs is 1. The lowest BCUT2D eigenvalue weighted by Crippen LogP contribution is -2.31. The smallest absolute Gasteiger partial charge is 0.243 e. The van der Waals surface area contributed by atoms with E-state index in [1.165, 1.54) is 0 Å². The van der Waals surface area contributed by atoms with E-state index in [4.69, 9.17) is 0 Å². The fourth-order valence-corrected chi connectivity index (χ4v) is 4.59. The second kappa shape index (κ2) is 5.92. The van der Waals surface area contributed by atoms with Crippen molar-refractivity contribution in [1.29, 1.82) is 0 Å². The van der Waals surface area contributed by atoms with E-state index in [0.717, 1.165) is 23.0 Å². The first-order valence-electron chi connectivity index (χ1n) is 7.88. The molecule has 2 heterocycles. The summed E-state index contributed by atoms with van der Waals surface area (Å²) < 4.78 is 27.3. The van der Waals surface area contributed by atoms with Crippen LogP contribution in [0.2, 0.25) is 0 Å². The average molecular weight is 342 g/mol. The molecule has 24 heavy (non-hydrogen) atoms. The van der Waals surface area contributed by atoms with Crippen molar-refractivity contribution in [2.24, 2.45) is 0 Å². The summed E-state index contributed by atoms with van der Waals surface area (Å²) in [6.45, 7) is 0.992. The molecule has 2 N–H and O–H groups in total. The van der Waals surface area contributed by atoms with Gasteiger partial charge in [0.15, 0.2) is 0 Å². The van der Waals surface area contributed by atoms with E-state index in [1.807, 2.05) is 30.3 Å². The highest BCUT2D eigenvalue weighted by Crippen LogP contribution is 2.25. The Hall–Kier alpha value is -2.38. The monoisotopic (exact) mass is 342 g/mol. The Morgan fingerprint density at radius 1 is 1.17 bits per heavy atom. The summed E-state index contributed by atoms with van der Waals surface area (Å²) in [6.07, 6.45) is 2.47. The summed E-state index contributed by atoms with van der Waals surface area (Å²) in [7, 11) is -3.49. The lowest BCUT2D eigenvalue weighted by molar-refractivity contribution is 0.474. The van der Waals surface area contributed by atoms with Gasteiger partial charge in [0.1, 0.15) is 0 Å². The molecule has 0 aliphatic carbocycles. The third-order valence-corrected chi connectivity index (χ3v) is 6.21. The summed E-state index contributed by atoms with van der Waals surface area (Å²) in [4.78, 5) is 0.305. The van der Waals surface area contributed by atoms with Gasteiger partial charge >= 0.3 is 0 Å². The van der Waals surface area contributed by atoms with Crippen LogP contribution in [0.15, 0.2) is 59.6 Å². The predicted molar refractivity (Wildman–Crippen MR) is 93.3 cm³/mol. The van der Waals surface area contributed by atoms with Gasteiger partial charge in [0.05, 0.1) is 16.6 Å². The third-order valence-electron chi connectivity index (χ3n) is 4.35. The molecule has 124 valence electrons. The van der Waals surface area contributed by atoms with Crippen LogP contribution in [0.1, 0.15) is 6.42 Å². The minimum Gasteiger partial charge on any atom is -0.381 e. The van der Waals surface area contributed by atoms with Gasteiger partial charge in [-0.05, 0) is 36.8 Å². The molecule has 3 aromatic rings. The number of aromatic amines is 1. The zero-order chi connectivity index (χ0) is 16.6. The molecule has 0 saturated carbocycles. The van der Waals surface area contributed by atoms with E-state index < -0.39 is 10.0 Å². The number of benzene rings is 2. The second-order valence-corrected chi connectivity index (χ2v) is 7.92. The number of aromatic nitrogens is 2. The number of nitrogens with one attached hydrogen (secondary N) is 2. The maximum absolute atomic E-state index is 12.9. The van der Waals surface area contributed by atoms with Crippen LogP contribution >= 0.6 is 0 Å². The summed E-state index contributed by atoms with van der Waals surface area (Å²) in [5, 5.41) is 11.1. The quantitative estimate of drug-likeness (QED) is 0.763. The Morgan fingerprint density at radius 3 is 2.83 bits per heavy atom. The minimum absolute atomic E-state index is 0.123. The van der Waals surface area contributed by atoms with E-state index >= 15 is 0 Å². The summed E-state index contributed by atoms with van der Waals surface area (Å²) in [5.74, 6) is 0. The number of hydrogen-bond donors (Lipinski definition) is 2. The van der Waals surface area contributed by atoms with Gasteiger partial charge in [-0.3, -0.25) is 5.10 Å². The largest absolute Gasteiger partial charge is 0.381 e. The molecule has 4 rings (SSSR count). The van der Waals surface area contributed by atoms with Crippen LogP contribution in [0.4, 0.5) is 5.69 Å². The van der Waals surface area contributed by atoms with Crippen molar-refractivity contribution >= 4 is 26.6 Å². The number of sulfonamides is 1. The van der Waals surface area contributed by atoms with E-state index in [-0.39, 0.29) is 6.04 Å². The van der Waals surface area contributed by atoms with Crippen LogP contribution in [0.5, 0.6) is 0 Å². The molecular formula is C17H18N4O2S. The van der Waals surface area contributed by atoms with Gasteiger partial charge in [-0.15, -0.1) is 0 Å². The summed E-state index contributed by atoms with van der Waals surface area (Å²) in [5.41, 5.74) is 1.75. The zero-order valence-corrected chi connectivity index (χ0v) is 13.8. The molecule has 1 aliphatic rings. The van der Waals surface area contributed by atoms with E-state index in [0.29, 0.717) is 18.0 Å². The van der Waals surface area contributed by atoms with Crippen LogP contribution in [-0.4, -0.2) is 42.1 Å². The van der Waals surface area contributed by atoms with Gasteiger partial charge < -0.3 is 5.32 Å². The standard InChI is InChI=1S/C17H18N4O2S/c22-24(23,16-7-6-13-11-18-20-17(13)10-16)21-9-8-15(12-21)19-14-4-2-1-3-5-14/h1-7,10-11,15,19H,8-9,12H2,(H,18,20)/t15-/m1/s1. The molecule has 1 fully saturated rings. The Balaban J connectivity index is 1.52. The predicted octanol–water partition coefficient (Wildman–Crippen LogP) is 2.44. The molecule has 1 atom stereocenters. The zero-order valence-electron chi connectivity index (χ0n) is 13.0. The van der Waals surface area contributed by atoms with Gasteiger partial charge in [-0.2, -0.15) is 9.40 Å². The van der Waals surface area contributed by atoms with E-state index in [1.54, 1.807) is 28.7 Å². The molecule has 0 radical (unpaired) electrons. The molecule has 0 bridgehead atoms. The number of rotatable bonds is 4. The van der Waals surface area contributed by atoms with Crippen molar-refractivity contribution in [1.82, 2.24) is 14.5 Å². The van der Waals surface area contributed by atoms with Crippen LogP contribution in [-0.2, 0) is 10.0 Å². The van der Waals surface area contributed by atoms with Crippen molar-refractivity contribution in [2.45, 2.75) is 17.4 Å². The van der Waals surface area contributed by atoms with Crippen molar-refractivity contribution in [3.63, 3.8) is 0 Å². The SMILES string of the molecule is O=S(=O)(c1ccc2cn[nH]c2c1)N1CC[C@@H](Nc2ccccc2)C1. The second-order valence-electron chi connectivity index (χ2n) is 5.98. The van der Waals surface area contributed by atoms with Gasteiger partial charge in [-0.1, -0.05) is 18.2 Å². The molecule has 1 aliphatic heterocycles. The minimum atomic E-state index is -3.49. The average Bonchev–Trinajstić information content (AvgIpc) is 3.24. The maximum Gasteiger partial charge on any atom is 0.243 e. The molecule has 1 saturated heterocycles. The highest BCUT2D eigenvalue weighted by atomic mass is 32.2. The van der Waals surface area contributed by atoms with Crippen LogP contribution in [0.3, 0.4) is 0 Å². The van der Waals surface area contributed by atoms with Gasteiger partial charge in [-0.25, -0.2) is 8.42 Å². The Morgan fingerprint density at radius 2 is 2.00 bits per heavy atom. The molecule has 0 unspecified atom stereocenters. The third kappa shape index (κ3) is 2.76.